The highest BCUT2D eigenvalue weighted by Gasteiger charge is 2.06. The second-order valence-corrected chi connectivity index (χ2v) is 4.10. The second-order valence-electron chi connectivity index (χ2n) is 4.10. The number of benzene rings is 1. The number of rotatable bonds is 3. The Bertz CT molecular complexity index is 592. The van der Waals surface area contributed by atoms with Crippen molar-refractivity contribution in [3.63, 3.8) is 0 Å². The number of nitrogens with two attached hydrogens (primary N) is 1. The van der Waals surface area contributed by atoms with Crippen molar-refractivity contribution in [3.05, 3.63) is 41.6 Å². The SMILES string of the molecule is CC(=N)c1ccc(C)cc1Nc1ccnc(N)n1. The van der Waals surface area contributed by atoms with Crippen LogP contribution in [-0.4, -0.2) is 15.7 Å². The molecule has 18 heavy (non-hydrogen) atoms. The van der Waals surface area contributed by atoms with Crippen LogP contribution in [0.15, 0.2) is 30.5 Å². The quantitative estimate of drug-likeness (QED) is 0.720. The summed E-state index contributed by atoms with van der Waals surface area (Å²) in [7, 11) is 0. The Morgan fingerprint density at radius 2 is 2.11 bits per heavy atom. The molecule has 0 spiro atoms. The second kappa shape index (κ2) is 4.83. The molecule has 4 N–H and O–H groups in total. The molecule has 0 unspecified atom stereocenters. The minimum Gasteiger partial charge on any atom is -0.368 e. The highest BCUT2D eigenvalue weighted by molar-refractivity contribution is 6.02. The fourth-order valence-corrected chi connectivity index (χ4v) is 1.67. The van der Waals surface area contributed by atoms with Crippen LogP contribution in [0, 0.1) is 12.3 Å². The Labute approximate surface area is 106 Å². The van der Waals surface area contributed by atoms with Crippen molar-refractivity contribution in [1.82, 2.24) is 9.97 Å². The lowest BCUT2D eigenvalue weighted by Gasteiger charge is -2.11. The lowest BCUT2D eigenvalue weighted by atomic mass is 10.1. The average molecular weight is 241 g/mol. The molecule has 0 aliphatic carbocycles. The third-order valence-corrected chi connectivity index (χ3v) is 2.52. The molecule has 0 saturated carbocycles. The van der Waals surface area contributed by atoms with Crippen LogP contribution in [0.5, 0.6) is 0 Å². The Kier molecular flexibility index (Phi) is 3.23. The molecule has 0 amide bonds. The van der Waals surface area contributed by atoms with Crippen LogP contribution in [0.4, 0.5) is 17.5 Å². The molecule has 1 aromatic heterocycles. The highest BCUT2D eigenvalue weighted by Crippen LogP contribution is 2.21. The van der Waals surface area contributed by atoms with E-state index in [9.17, 15) is 0 Å². The first-order valence-electron chi connectivity index (χ1n) is 5.58. The van der Waals surface area contributed by atoms with E-state index < -0.39 is 0 Å². The number of anilines is 3. The predicted molar refractivity (Wildman–Crippen MR) is 73.4 cm³/mol. The lowest BCUT2D eigenvalue weighted by Crippen LogP contribution is -2.03. The monoisotopic (exact) mass is 241 g/mol. The smallest absolute Gasteiger partial charge is 0.221 e. The number of aromatic nitrogens is 2. The van der Waals surface area contributed by atoms with E-state index in [2.05, 4.69) is 15.3 Å². The van der Waals surface area contributed by atoms with Gasteiger partial charge in [0.25, 0.3) is 0 Å². The molecule has 2 aromatic rings. The van der Waals surface area contributed by atoms with Gasteiger partial charge in [0.1, 0.15) is 5.82 Å². The Balaban J connectivity index is 2.39. The average Bonchev–Trinajstić information content (AvgIpc) is 2.28. The predicted octanol–water partition coefficient (Wildman–Crippen LogP) is 2.50. The van der Waals surface area contributed by atoms with E-state index in [0.717, 1.165) is 16.8 Å². The van der Waals surface area contributed by atoms with Crippen molar-refractivity contribution >= 4 is 23.2 Å². The van der Waals surface area contributed by atoms with Crippen LogP contribution in [0.2, 0.25) is 0 Å². The lowest BCUT2D eigenvalue weighted by molar-refractivity contribution is 1.18. The number of nitrogens with zero attached hydrogens (tertiary/aromatic N) is 2. The van der Waals surface area contributed by atoms with E-state index in [0.29, 0.717) is 11.5 Å². The van der Waals surface area contributed by atoms with Crippen molar-refractivity contribution in [2.75, 3.05) is 11.1 Å². The van der Waals surface area contributed by atoms with Crippen molar-refractivity contribution < 1.29 is 0 Å². The molecule has 1 aromatic carbocycles. The summed E-state index contributed by atoms with van der Waals surface area (Å²) in [6, 6.07) is 7.62. The van der Waals surface area contributed by atoms with Crippen LogP contribution in [0.1, 0.15) is 18.1 Å². The van der Waals surface area contributed by atoms with Crippen LogP contribution in [0.25, 0.3) is 0 Å². The van der Waals surface area contributed by atoms with Gasteiger partial charge in [-0.1, -0.05) is 12.1 Å². The molecular weight excluding hydrogens is 226 g/mol. The standard InChI is InChI=1S/C13H15N5/c1-8-3-4-10(9(2)14)11(7-8)17-12-5-6-16-13(15)18-12/h3-7,14H,1-2H3,(H3,15,16,17,18). The van der Waals surface area contributed by atoms with Crippen LogP contribution in [0.3, 0.4) is 0 Å². The molecule has 2 rings (SSSR count). The molecule has 0 atom stereocenters. The molecule has 5 nitrogen and oxygen atoms in total. The molecule has 0 aliphatic heterocycles. The zero-order valence-corrected chi connectivity index (χ0v) is 10.4. The van der Waals surface area contributed by atoms with E-state index in [1.54, 1.807) is 19.2 Å². The Morgan fingerprint density at radius 3 is 2.78 bits per heavy atom. The van der Waals surface area contributed by atoms with Gasteiger partial charge in [-0.15, -0.1) is 0 Å². The fraction of sp³-hybridized carbons (Fsp3) is 0.154. The number of hydrogen-bond donors (Lipinski definition) is 3. The summed E-state index contributed by atoms with van der Waals surface area (Å²) in [5.74, 6) is 0.844. The molecule has 1 heterocycles. The van der Waals surface area contributed by atoms with Gasteiger partial charge in [-0.3, -0.25) is 0 Å². The summed E-state index contributed by atoms with van der Waals surface area (Å²) in [5.41, 5.74) is 8.84. The normalized spacial score (nSPS) is 10.1. The molecule has 92 valence electrons. The number of aryl methyl sites for hydroxylation is 1. The molecule has 0 radical (unpaired) electrons. The van der Waals surface area contributed by atoms with E-state index >= 15 is 0 Å². The Hall–Kier alpha value is -2.43. The zero-order valence-electron chi connectivity index (χ0n) is 10.4. The number of nitrogens with one attached hydrogen (secondary N) is 2. The van der Waals surface area contributed by atoms with Gasteiger partial charge in [-0.25, -0.2) is 4.98 Å². The summed E-state index contributed by atoms with van der Waals surface area (Å²) < 4.78 is 0. The highest BCUT2D eigenvalue weighted by atomic mass is 15.1. The summed E-state index contributed by atoms with van der Waals surface area (Å²) in [6.45, 7) is 3.76. The Morgan fingerprint density at radius 1 is 1.33 bits per heavy atom. The summed E-state index contributed by atoms with van der Waals surface area (Å²) in [4.78, 5) is 7.92. The van der Waals surface area contributed by atoms with Crippen molar-refractivity contribution in [2.45, 2.75) is 13.8 Å². The van der Waals surface area contributed by atoms with Gasteiger partial charge < -0.3 is 16.5 Å². The fourth-order valence-electron chi connectivity index (χ4n) is 1.67. The largest absolute Gasteiger partial charge is 0.368 e. The molecular formula is C13H15N5. The van der Waals surface area contributed by atoms with Crippen LogP contribution in [-0.2, 0) is 0 Å². The summed E-state index contributed by atoms with van der Waals surface area (Å²) >= 11 is 0. The third kappa shape index (κ3) is 2.63. The molecule has 5 heteroatoms. The van der Waals surface area contributed by atoms with E-state index in [1.807, 2.05) is 25.1 Å². The first kappa shape index (κ1) is 12.0. The maximum atomic E-state index is 7.76. The topological polar surface area (TPSA) is 87.7 Å². The maximum absolute atomic E-state index is 7.76. The molecule has 0 aliphatic rings. The van der Waals surface area contributed by atoms with Gasteiger partial charge in [0.15, 0.2) is 0 Å². The van der Waals surface area contributed by atoms with Gasteiger partial charge in [0, 0.05) is 23.2 Å². The third-order valence-electron chi connectivity index (χ3n) is 2.52. The minimum absolute atomic E-state index is 0.223. The van der Waals surface area contributed by atoms with E-state index in [-0.39, 0.29) is 5.95 Å². The molecule has 0 fully saturated rings. The first-order chi connectivity index (χ1) is 8.56. The van der Waals surface area contributed by atoms with Gasteiger partial charge in [-0.05, 0) is 31.5 Å². The van der Waals surface area contributed by atoms with Crippen LogP contribution >= 0.6 is 0 Å². The first-order valence-corrected chi connectivity index (χ1v) is 5.58. The number of hydrogen-bond acceptors (Lipinski definition) is 5. The van der Waals surface area contributed by atoms with E-state index in [1.165, 1.54) is 0 Å². The van der Waals surface area contributed by atoms with Crippen LogP contribution < -0.4 is 11.1 Å². The maximum Gasteiger partial charge on any atom is 0.221 e. The minimum atomic E-state index is 0.223. The summed E-state index contributed by atoms with van der Waals surface area (Å²) in [5, 5.41) is 10.9. The van der Waals surface area contributed by atoms with Crippen molar-refractivity contribution in [2.24, 2.45) is 0 Å². The molecule has 0 bridgehead atoms. The van der Waals surface area contributed by atoms with Crippen molar-refractivity contribution in [1.29, 1.82) is 5.41 Å². The van der Waals surface area contributed by atoms with Crippen molar-refractivity contribution in [3.8, 4) is 0 Å². The van der Waals surface area contributed by atoms with Gasteiger partial charge in [0.05, 0.1) is 0 Å². The zero-order chi connectivity index (χ0) is 13.1. The summed E-state index contributed by atoms with van der Waals surface area (Å²) in [6.07, 6.45) is 1.59. The van der Waals surface area contributed by atoms with E-state index in [4.69, 9.17) is 11.1 Å². The van der Waals surface area contributed by atoms with Gasteiger partial charge >= 0.3 is 0 Å². The molecule has 0 saturated heterocycles. The van der Waals surface area contributed by atoms with Gasteiger partial charge in [0.2, 0.25) is 5.95 Å². The number of nitrogen functional groups attached to an aromatic ring is 1. The van der Waals surface area contributed by atoms with Gasteiger partial charge in [-0.2, -0.15) is 4.98 Å².